The van der Waals surface area contributed by atoms with Crippen LogP contribution in [0.5, 0.6) is 17.2 Å². The second-order valence-electron chi connectivity index (χ2n) is 7.03. The zero-order chi connectivity index (χ0) is 24.5. The lowest BCUT2D eigenvalue weighted by atomic mass is 10.1. The largest absolute Gasteiger partial charge is 0.497 e. The van der Waals surface area contributed by atoms with E-state index in [2.05, 4.69) is 21.2 Å². The molecule has 6 nitrogen and oxygen atoms in total. The molecule has 0 aliphatic heterocycles. The summed E-state index contributed by atoms with van der Waals surface area (Å²) in [7, 11) is 1.56. The molecular weight excluding hydrogens is 520 g/mol. The minimum Gasteiger partial charge on any atom is -0.497 e. The SMILES string of the molecule is CCOc1cc(/C=C(\C#N)C(=O)Nc2ccc(OC)cc2)cc(Br)c1OCc1cccc(Cl)c1. The Morgan fingerprint density at radius 3 is 2.56 bits per heavy atom. The number of methoxy groups -OCH3 is 1. The van der Waals surface area contributed by atoms with E-state index in [0.29, 0.717) is 51.2 Å². The summed E-state index contributed by atoms with van der Waals surface area (Å²) in [6.45, 7) is 2.57. The second kappa shape index (κ2) is 12.1. The summed E-state index contributed by atoms with van der Waals surface area (Å²) in [6, 6.07) is 19.7. The van der Waals surface area contributed by atoms with Gasteiger partial charge >= 0.3 is 0 Å². The molecule has 0 atom stereocenters. The fourth-order valence-electron chi connectivity index (χ4n) is 3.04. The lowest BCUT2D eigenvalue weighted by Gasteiger charge is -2.15. The first-order chi connectivity index (χ1) is 16.4. The summed E-state index contributed by atoms with van der Waals surface area (Å²) in [5.41, 5.74) is 2.00. The number of nitriles is 1. The van der Waals surface area contributed by atoms with E-state index in [0.717, 1.165) is 5.56 Å². The lowest BCUT2D eigenvalue weighted by molar-refractivity contribution is -0.112. The van der Waals surface area contributed by atoms with Crippen molar-refractivity contribution in [2.75, 3.05) is 19.0 Å². The molecular formula is C26H22BrClN2O4. The zero-order valence-electron chi connectivity index (χ0n) is 18.6. The number of ether oxygens (including phenoxy) is 3. The summed E-state index contributed by atoms with van der Waals surface area (Å²) in [5, 5.41) is 12.9. The van der Waals surface area contributed by atoms with E-state index in [9.17, 15) is 10.1 Å². The molecule has 0 fully saturated rings. The van der Waals surface area contributed by atoms with E-state index in [1.165, 1.54) is 6.08 Å². The Bertz CT molecular complexity index is 1240. The number of carbonyl (C=O) groups excluding carboxylic acids is 1. The molecule has 0 saturated carbocycles. The number of rotatable bonds is 9. The minimum absolute atomic E-state index is 0.0576. The van der Waals surface area contributed by atoms with Gasteiger partial charge in [0.15, 0.2) is 11.5 Å². The molecule has 1 N–H and O–H groups in total. The maximum absolute atomic E-state index is 12.6. The van der Waals surface area contributed by atoms with Crippen molar-refractivity contribution in [1.29, 1.82) is 5.26 Å². The van der Waals surface area contributed by atoms with Crippen LogP contribution in [0.1, 0.15) is 18.1 Å². The number of hydrogen-bond acceptors (Lipinski definition) is 5. The molecule has 0 unspecified atom stereocenters. The van der Waals surface area contributed by atoms with Gasteiger partial charge in [0.1, 0.15) is 24.0 Å². The molecule has 3 aromatic carbocycles. The van der Waals surface area contributed by atoms with Gasteiger partial charge in [0.2, 0.25) is 0 Å². The number of anilines is 1. The van der Waals surface area contributed by atoms with Crippen LogP contribution in [0.3, 0.4) is 0 Å². The summed E-state index contributed by atoms with van der Waals surface area (Å²) in [4.78, 5) is 12.6. The van der Waals surface area contributed by atoms with E-state index in [-0.39, 0.29) is 5.57 Å². The van der Waals surface area contributed by atoms with Crippen molar-refractivity contribution in [1.82, 2.24) is 0 Å². The van der Waals surface area contributed by atoms with Crippen LogP contribution in [-0.4, -0.2) is 19.6 Å². The van der Waals surface area contributed by atoms with Crippen LogP contribution in [0, 0.1) is 11.3 Å². The van der Waals surface area contributed by atoms with Gasteiger partial charge in [-0.1, -0.05) is 23.7 Å². The van der Waals surface area contributed by atoms with Gasteiger partial charge in [0, 0.05) is 10.7 Å². The number of hydrogen-bond donors (Lipinski definition) is 1. The van der Waals surface area contributed by atoms with Crippen molar-refractivity contribution >= 4 is 45.2 Å². The van der Waals surface area contributed by atoms with Gasteiger partial charge in [-0.3, -0.25) is 4.79 Å². The van der Waals surface area contributed by atoms with Crippen molar-refractivity contribution < 1.29 is 19.0 Å². The Labute approximate surface area is 211 Å². The van der Waals surface area contributed by atoms with Gasteiger partial charge in [-0.15, -0.1) is 0 Å². The van der Waals surface area contributed by atoms with Gasteiger partial charge < -0.3 is 19.5 Å². The van der Waals surface area contributed by atoms with Crippen molar-refractivity contribution in [3.05, 3.63) is 86.9 Å². The quantitative estimate of drug-likeness (QED) is 0.243. The highest BCUT2D eigenvalue weighted by Gasteiger charge is 2.15. The second-order valence-corrected chi connectivity index (χ2v) is 8.32. The van der Waals surface area contributed by atoms with Crippen LogP contribution in [0.25, 0.3) is 6.08 Å². The monoisotopic (exact) mass is 540 g/mol. The molecule has 0 saturated heterocycles. The van der Waals surface area contributed by atoms with Gasteiger partial charge in [-0.05, 0) is 88.6 Å². The highest BCUT2D eigenvalue weighted by Crippen LogP contribution is 2.38. The molecule has 34 heavy (non-hydrogen) atoms. The number of halogens is 2. The van der Waals surface area contributed by atoms with Crippen molar-refractivity contribution in [2.24, 2.45) is 0 Å². The van der Waals surface area contributed by atoms with Gasteiger partial charge in [0.25, 0.3) is 5.91 Å². The minimum atomic E-state index is -0.525. The van der Waals surface area contributed by atoms with Crippen LogP contribution in [0.15, 0.2) is 70.7 Å². The molecule has 0 spiro atoms. The summed E-state index contributed by atoms with van der Waals surface area (Å²) in [5.74, 6) is 1.14. The Morgan fingerprint density at radius 1 is 1.15 bits per heavy atom. The van der Waals surface area contributed by atoms with Crippen LogP contribution in [0.4, 0.5) is 5.69 Å². The third-order valence-corrected chi connectivity index (χ3v) is 5.45. The molecule has 0 radical (unpaired) electrons. The topological polar surface area (TPSA) is 80.6 Å². The van der Waals surface area contributed by atoms with Crippen LogP contribution in [0.2, 0.25) is 5.02 Å². The predicted octanol–water partition coefficient (Wildman–Crippen LogP) is 6.63. The van der Waals surface area contributed by atoms with E-state index < -0.39 is 5.91 Å². The molecule has 0 aliphatic rings. The Kier molecular flexibility index (Phi) is 8.97. The van der Waals surface area contributed by atoms with Crippen LogP contribution in [-0.2, 0) is 11.4 Å². The first-order valence-electron chi connectivity index (χ1n) is 10.3. The highest BCUT2D eigenvalue weighted by molar-refractivity contribution is 9.10. The number of amides is 1. The molecule has 0 aromatic heterocycles. The molecule has 0 heterocycles. The third kappa shape index (κ3) is 6.77. The van der Waals surface area contributed by atoms with Gasteiger partial charge in [-0.2, -0.15) is 5.26 Å². The normalized spacial score (nSPS) is 10.9. The average Bonchev–Trinajstić information content (AvgIpc) is 2.82. The number of carbonyl (C=O) groups is 1. The first-order valence-corrected chi connectivity index (χ1v) is 11.5. The van der Waals surface area contributed by atoms with E-state index >= 15 is 0 Å². The van der Waals surface area contributed by atoms with E-state index in [4.69, 9.17) is 25.8 Å². The van der Waals surface area contributed by atoms with Crippen molar-refractivity contribution in [3.63, 3.8) is 0 Å². The zero-order valence-corrected chi connectivity index (χ0v) is 20.9. The fourth-order valence-corrected chi connectivity index (χ4v) is 3.83. The molecule has 3 aromatic rings. The first kappa shape index (κ1) is 25.2. The Hall–Kier alpha value is -3.47. The predicted molar refractivity (Wildman–Crippen MR) is 136 cm³/mol. The number of benzene rings is 3. The maximum atomic E-state index is 12.6. The van der Waals surface area contributed by atoms with Crippen LogP contribution < -0.4 is 19.5 Å². The summed E-state index contributed by atoms with van der Waals surface area (Å²) < 4.78 is 17.5. The Balaban J connectivity index is 1.82. The highest BCUT2D eigenvalue weighted by atomic mass is 79.9. The molecule has 1 amide bonds. The fraction of sp³-hybridized carbons (Fsp3) is 0.154. The van der Waals surface area contributed by atoms with Gasteiger partial charge in [-0.25, -0.2) is 0 Å². The van der Waals surface area contributed by atoms with Crippen molar-refractivity contribution in [2.45, 2.75) is 13.5 Å². The van der Waals surface area contributed by atoms with E-state index in [1.54, 1.807) is 49.6 Å². The van der Waals surface area contributed by atoms with Gasteiger partial charge in [0.05, 0.1) is 18.2 Å². The summed E-state index contributed by atoms with van der Waals surface area (Å²) >= 11 is 9.57. The number of nitrogens with zero attached hydrogens (tertiary/aromatic N) is 1. The van der Waals surface area contributed by atoms with Crippen molar-refractivity contribution in [3.8, 4) is 23.3 Å². The molecule has 8 heteroatoms. The lowest BCUT2D eigenvalue weighted by Crippen LogP contribution is -2.13. The number of nitrogens with one attached hydrogen (secondary N) is 1. The maximum Gasteiger partial charge on any atom is 0.266 e. The average molecular weight is 542 g/mol. The molecule has 0 aliphatic carbocycles. The smallest absolute Gasteiger partial charge is 0.266 e. The molecule has 3 rings (SSSR count). The summed E-state index contributed by atoms with van der Waals surface area (Å²) in [6.07, 6.45) is 1.49. The Morgan fingerprint density at radius 2 is 1.91 bits per heavy atom. The standard InChI is InChI=1S/C26H22BrClN2O4/c1-3-33-24-14-18(13-23(27)25(24)34-16-17-5-4-6-20(28)12-17)11-19(15-29)26(31)30-21-7-9-22(32-2)10-8-21/h4-14H,3,16H2,1-2H3,(H,30,31)/b19-11+. The van der Waals surface area contributed by atoms with E-state index in [1.807, 2.05) is 31.2 Å². The van der Waals surface area contributed by atoms with Crippen LogP contribution >= 0.6 is 27.5 Å². The molecule has 174 valence electrons. The molecule has 0 bridgehead atoms. The third-order valence-electron chi connectivity index (χ3n) is 4.63.